The third kappa shape index (κ3) is 3.28. The van der Waals surface area contributed by atoms with Crippen molar-refractivity contribution in [2.24, 2.45) is 4.99 Å². The Bertz CT molecular complexity index is 332. The van der Waals surface area contributed by atoms with Crippen molar-refractivity contribution in [3.8, 4) is 0 Å². The molecule has 1 aromatic carbocycles. The molecule has 1 aromatic rings. The fourth-order valence-corrected chi connectivity index (χ4v) is 0.962. The van der Waals surface area contributed by atoms with Gasteiger partial charge in [0.1, 0.15) is 5.60 Å². The summed E-state index contributed by atoms with van der Waals surface area (Å²) in [5.74, 6) is 0. The second kappa shape index (κ2) is 4.35. The van der Waals surface area contributed by atoms with Crippen LogP contribution in [-0.2, 0) is 4.89 Å². The highest BCUT2D eigenvalue weighted by Crippen LogP contribution is 2.14. The van der Waals surface area contributed by atoms with Gasteiger partial charge in [0.15, 0.2) is 0 Å². The number of hydrogen-bond acceptors (Lipinski definition) is 3. The Kier molecular flexibility index (Phi) is 3.38. The van der Waals surface area contributed by atoms with Gasteiger partial charge in [0, 0.05) is 6.21 Å². The first-order valence-electron chi connectivity index (χ1n) is 4.48. The lowest BCUT2D eigenvalue weighted by atomic mass is 10.1. The fourth-order valence-electron chi connectivity index (χ4n) is 0.962. The molecular formula is C11H15NO2. The smallest absolute Gasteiger partial charge is 0.133 e. The lowest BCUT2D eigenvalue weighted by molar-refractivity contribution is -0.288. The van der Waals surface area contributed by atoms with Crippen LogP contribution in [0.5, 0.6) is 0 Å². The normalized spacial score (nSPS) is 12.3. The maximum atomic E-state index is 8.54. The molecule has 0 aliphatic carbocycles. The van der Waals surface area contributed by atoms with Gasteiger partial charge >= 0.3 is 0 Å². The molecule has 1 rings (SSSR count). The summed E-state index contributed by atoms with van der Waals surface area (Å²) in [6, 6.07) is 7.81. The van der Waals surface area contributed by atoms with Crippen molar-refractivity contribution in [3.05, 3.63) is 29.8 Å². The van der Waals surface area contributed by atoms with E-state index in [0.29, 0.717) is 0 Å². The van der Waals surface area contributed by atoms with E-state index in [1.165, 1.54) is 0 Å². The van der Waals surface area contributed by atoms with Gasteiger partial charge in [0.25, 0.3) is 0 Å². The summed E-state index contributed by atoms with van der Waals surface area (Å²) in [4.78, 5) is 8.44. The molecule has 0 radical (unpaired) electrons. The average molecular weight is 193 g/mol. The SMILES string of the molecule is Cc1cccc(N=CC(C)(C)OO)c1. The van der Waals surface area contributed by atoms with Crippen molar-refractivity contribution >= 4 is 11.9 Å². The zero-order valence-corrected chi connectivity index (χ0v) is 8.69. The van der Waals surface area contributed by atoms with E-state index in [9.17, 15) is 0 Å². The van der Waals surface area contributed by atoms with Crippen molar-refractivity contribution in [1.82, 2.24) is 0 Å². The summed E-state index contributed by atoms with van der Waals surface area (Å²) in [7, 11) is 0. The Labute approximate surface area is 84.0 Å². The number of benzene rings is 1. The van der Waals surface area contributed by atoms with Crippen LogP contribution in [0, 0.1) is 6.92 Å². The van der Waals surface area contributed by atoms with Crippen LogP contribution in [-0.4, -0.2) is 17.1 Å². The summed E-state index contributed by atoms with van der Waals surface area (Å²) < 4.78 is 0. The minimum absolute atomic E-state index is 0.746. The number of rotatable bonds is 3. The van der Waals surface area contributed by atoms with E-state index < -0.39 is 5.60 Å². The summed E-state index contributed by atoms with van der Waals surface area (Å²) in [5, 5.41) is 8.54. The summed E-state index contributed by atoms with van der Waals surface area (Å²) in [6.07, 6.45) is 1.57. The summed E-state index contributed by atoms with van der Waals surface area (Å²) in [5.41, 5.74) is 1.27. The highest BCUT2D eigenvalue weighted by Gasteiger charge is 2.14. The van der Waals surface area contributed by atoms with Crippen LogP contribution in [0.3, 0.4) is 0 Å². The van der Waals surface area contributed by atoms with E-state index >= 15 is 0 Å². The second-order valence-corrected chi connectivity index (χ2v) is 3.79. The Morgan fingerprint density at radius 1 is 1.43 bits per heavy atom. The molecule has 76 valence electrons. The maximum Gasteiger partial charge on any atom is 0.133 e. The first kappa shape index (κ1) is 10.9. The van der Waals surface area contributed by atoms with Gasteiger partial charge in [-0.2, -0.15) is 0 Å². The van der Waals surface area contributed by atoms with Gasteiger partial charge in [-0.15, -0.1) is 0 Å². The van der Waals surface area contributed by atoms with Crippen LogP contribution < -0.4 is 0 Å². The molecule has 0 saturated carbocycles. The zero-order chi connectivity index (χ0) is 10.6. The quantitative estimate of drug-likeness (QED) is 0.455. The number of aryl methyl sites for hydroxylation is 1. The highest BCUT2D eigenvalue weighted by molar-refractivity contribution is 5.71. The van der Waals surface area contributed by atoms with E-state index in [0.717, 1.165) is 11.3 Å². The molecule has 0 aliphatic heterocycles. The highest BCUT2D eigenvalue weighted by atomic mass is 17.1. The van der Waals surface area contributed by atoms with Crippen LogP contribution in [0.4, 0.5) is 5.69 Å². The topological polar surface area (TPSA) is 41.8 Å². The average Bonchev–Trinajstić information content (AvgIpc) is 2.15. The van der Waals surface area contributed by atoms with Crippen LogP contribution in [0.1, 0.15) is 19.4 Å². The van der Waals surface area contributed by atoms with E-state index in [2.05, 4.69) is 9.88 Å². The first-order valence-corrected chi connectivity index (χ1v) is 4.48. The standard InChI is InChI=1S/C11H15NO2/c1-9-5-4-6-10(7-9)12-8-11(2,3)14-13/h4-8,13H,1-3H3. The lowest BCUT2D eigenvalue weighted by Crippen LogP contribution is -2.24. The predicted molar refractivity (Wildman–Crippen MR) is 57.1 cm³/mol. The Balaban J connectivity index is 2.78. The molecular weight excluding hydrogens is 178 g/mol. The minimum atomic E-state index is -0.746. The monoisotopic (exact) mass is 193 g/mol. The molecule has 3 nitrogen and oxygen atoms in total. The number of hydrogen-bond donors (Lipinski definition) is 1. The van der Waals surface area contributed by atoms with Gasteiger partial charge < -0.3 is 0 Å². The molecule has 0 spiro atoms. The molecule has 0 amide bonds. The number of aliphatic imine (C=N–C) groups is 1. The van der Waals surface area contributed by atoms with Gasteiger partial charge in [-0.05, 0) is 38.5 Å². The lowest BCUT2D eigenvalue weighted by Gasteiger charge is -2.13. The summed E-state index contributed by atoms with van der Waals surface area (Å²) >= 11 is 0. The molecule has 0 aliphatic rings. The predicted octanol–water partition coefficient (Wildman–Crippen LogP) is 2.97. The zero-order valence-electron chi connectivity index (χ0n) is 8.69. The van der Waals surface area contributed by atoms with E-state index in [1.807, 2.05) is 31.2 Å². The fraction of sp³-hybridized carbons (Fsp3) is 0.364. The molecule has 1 N–H and O–H groups in total. The Hall–Kier alpha value is -1.19. The Morgan fingerprint density at radius 3 is 2.71 bits per heavy atom. The van der Waals surface area contributed by atoms with E-state index in [4.69, 9.17) is 5.26 Å². The van der Waals surface area contributed by atoms with Gasteiger partial charge in [-0.1, -0.05) is 12.1 Å². The van der Waals surface area contributed by atoms with Crippen LogP contribution in [0.25, 0.3) is 0 Å². The number of nitrogens with zero attached hydrogens (tertiary/aromatic N) is 1. The van der Waals surface area contributed by atoms with Crippen molar-refractivity contribution in [2.75, 3.05) is 0 Å². The molecule has 0 unspecified atom stereocenters. The second-order valence-electron chi connectivity index (χ2n) is 3.79. The van der Waals surface area contributed by atoms with Crippen LogP contribution >= 0.6 is 0 Å². The molecule has 14 heavy (non-hydrogen) atoms. The molecule has 0 atom stereocenters. The van der Waals surface area contributed by atoms with Gasteiger partial charge in [0.05, 0.1) is 5.69 Å². The van der Waals surface area contributed by atoms with Crippen molar-refractivity contribution < 1.29 is 10.1 Å². The molecule has 0 fully saturated rings. The minimum Gasteiger partial charge on any atom is -0.258 e. The van der Waals surface area contributed by atoms with E-state index in [1.54, 1.807) is 20.1 Å². The molecule has 0 bridgehead atoms. The maximum absolute atomic E-state index is 8.54. The van der Waals surface area contributed by atoms with Gasteiger partial charge in [-0.3, -0.25) is 10.2 Å². The van der Waals surface area contributed by atoms with Crippen molar-refractivity contribution in [2.45, 2.75) is 26.4 Å². The van der Waals surface area contributed by atoms with E-state index in [-0.39, 0.29) is 0 Å². The van der Waals surface area contributed by atoms with Crippen molar-refractivity contribution in [1.29, 1.82) is 0 Å². The third-order valence-electron chi connectivity index (χ3n) is 1.76. The van der Waals surface area contributed by atoms with Crippen LogP contribution in [0.2, 0.25) is 0 Å². The van der Waals surface area contributed by atoms with Crippen LogP contribution in [0.15, 0.2) is 29.3 Å². The summed E-state index contributed by atoms with van der Waals surface area (Å²) in [6.45, 7) is 5.46. The molecule has 3 heteroatoms. The molecule has 0 heterocycles. The molecule has 0 saturated heterocycles. The van der Waals surface area contributed by atoms with Crippen molar-refractivity contribution in [3.63, 3.8) is 0 Å². The Morgan fingerprint density at radius 2 is 2.14 bits per heavy atom. The molecule has 0 aromatic heterocycles. The largest absolute Gasteiger partial charge is 0.258 e. The first-order chi connectivity index (χ1) is 6.53. The van der Waals surface area contributed by atoms with Gasteiger partial charge in [0.2, 0.25) is 0 Å². The van der Waals surface area contributed by atoms with Gasteiger partial charge in [-0.25, -0.2) is 4.89 Å². The third-order valence-corrected chi connectivity index (χ3v) is 1.76.